The molecule has 1 saturated heterocycles. The van der Waals surface area contributed by atoms with Crippen LogP contribution < -0.4 is 5.32 Å². The number of anilines is 1. The minimum atomic E-state index is -0.967. The zero-order chi connectivity index (χ0) is 15.5. The van der Waals surface area contributed by atoms with Crippen LogP contribution in [-0.2, 0) is 11.3 Å². The van der Waals surface area contributed by atoms with Crippen LogP contribution in [-0.4, -0.2) is 44.9 Å². The van der Waals surface area contributed by atoms with E-state index in [0.29, 0.717) is 5.69 Å². The molecule has 116 valence electrons. The number of aromatic nitrogens is 2. The van der Waals surface area contributed by atoms with Gasteiger partial charge in [-0.1, -0.05) is 13.8 Å². The van der Waals surface area contributed by atoms with Crippen LogP contribution in [0.15, 0.2) is 12.4 Å². The molecule has 1 aliphatic rings. The average molecular weight is 294 g/mol. The second-order valence-electron chi connectivity index (χ2n) is 6.26. The van der Waals surface area contributed by atoms with Crippen molar-refractivity contribution < 1.29 is 14.7 Å². The van der Waals surface area contributed by atoms with Gasteiger partial charge in [-0.15, -0.1) is 0 Å². The van der Waals surface area contributed by atoms with E-state index in [2.05, 4.69) is 24.3 Å². The minimum absolute atomic E-state index is 0.150. The first-order valence-electron chi connectivity index (χ1n) is 7.16. The number of nitrogens with zero attached hydrogens (tertiary/aromatic N) is 3. The van der Waals surface area contributed by atoms with Gasteiger partial charge in [0.25, 0.3) is 0 Å². The third kappa shape index (κ3) is 4.47. The van der Waals surface area contributed by atoms with E-state index in [4.69, 9.17) is 5.11 Å². The number of carbonyl (C=O) groups excluding carboxylic acids is 1. The molecular weight excluding hydrogens is 272 g/mol. The topological polar surface area (TPSA) is 87.5 Å². The molecular formula is C14H22N4O3. The molecule has 0 saturated carbocycles. The van der Waals surface area contributed by atoms with Crippen molar-refractivity contribution in [2.75, 3.05) is 18.4 Å². The van der Waals surface area contributed by atoms with Gasteiger partial charge in [-0.25, -0.2) is 4.79 Å². The smallest absolute Gasteiger partial charge is 0.325 e. The molecule has 1 fully saturated rings. The van der Waals surface area contributed by atoms with Gasteiger partial charge >= 0.3 is 12.0 Å². The molecule has 2 amide bonds. The van der Waals surface area contributed by atoms with Crippen molar-refractivity contribution >= 4 is 17.7 Å². The van der Waals surface area contributed by atoms with Gasteiger partial charge < -0.3 is 15.3 Å². The SMILES string of the molecule is CC1(C)CCCN(C(=O)Nc2cnn(CC(=O)O)c2)CC1. The number of hydrogen-bond donors (Lipinski definition) is 2. The van der Waals surface area contributed by atoms with Gasteiger partial charge in [-0.05, 0) is 24.7 Å². The predicted molar refractivity (Wildman–Crippen MR) is 78.1 cm³/mol. The molecule has 2 N–H and O–H groups in total. The Morgan fingerprint density at radius 1 is 1.38 bits per heavy atom. The molecule has 0 radical (unpaired) electrons. The maximum Gasteiger partial charge on any atom is 0.325 e. The Balaban J connectivity index is 1.91. The molecule has 21 heavy (non-hydrogen) atoms. The molecule has 7 nitrogen and oxygen atoms in total. The maximum absolute atomic E-state index is 12.2. The lowest BCUT2D eigenvalue weighted by Crippen LogP contribution is -2.35. The fourth-order valence-electron chi connectivity index (χ4n) is 2.48. The van der Waals surface area contributed by atoms with Gasteiger partial charge in [0.1, 0.15) is 6.54 Å². The van der Waals surface area contributed by atoms with Crippen LogP contribution in [0.25, 0.3) is 0 Å². The van der Waals surface area contributed by atoms with Gasteiger partial charge in [0.2, 0.25) is 0 Å². The first-order valence-corrected chi connectivity index (χ1v) is 7.16. The van der Waals surface area contributed by atoms with E-state index in [1.54, 1.807) is 0 Å². The van der Waals surface area contributed by atoms with E-state index in [9.17, 15) is 9.59 Å². The predicted octanol–water partition coefficient (Wildman–Crippen LogP) is 2.01. The molecule has 0 unspecified atom stereocenters. The lowest BCUT2D eigenvalue weighted by atomic mass is 9.85. The molecule has 0 bridgehead atoms. The molecule has 2 heterocycles. The molecule has 0 aromatic carbocycles. The van der Waals surface area contributed by atoms with Crippen molar-refractivity contribution in [3.8, 4) is 0 Å². The number of aliphatic carboxylic acids is 1. The largest absolute Gasteiger partial charge is 0.480 e. The molecule has 1 aromatic rings. The number of nitrogens with one attached hydrogen (secondary N) is 1. The summed E-state index contributed by atoms with van der Waals surface area (Å²) < 4.78 is 1.28. The van der Waals surface area contributed by atoms with Crippen molar-refractivity contribution in [2.24, 2.45) is 5.41 Å². The maximum atomic E-state index is 12.2. The summed E-state index contributed by atoms with van der Waals surface area (Å²) in [5.74, 6) is -0.967. The summed E-state index contributed by atoms with van der Waals surface area (Å²) >= 11 is 0. The number of hydrogen-bond acceptors (Lipinski definition) is 3. The number of rotatable bonds is 3. The fourth-order valence-corrected chi connectivity index (χ4v) is 2.48. The van der Waals surface area contributed by atoms with Gasteiger partial charge in [0.05, 0.1) is 11.9 Å². The molecule has 1 aromatic heterocycles. The van der Waals surface area contributed by atoms with Crippen LogP contribution in [0.5, 0.6) is 0 Å². The highest BCUT2D eigenvalue weighted by atomic mass is 16.4. The molecule has 1 aliphatic heterocycles. The van der Waals surface area contributed by atoms with Crippen LogP contribution in [0.4, 0.5) is 10.5 Å². The van der Waals surface area contributed by atoms with Gasteiger partial charge in [-0.3, -0.25) is 9.48 Å². The van der Waals surface area contributed by atoms with Crippen LogP contribution in [0, 0.1) is 5.41 Å². The Hall–Kier alpha value is -2.05. The molecule has 7 heteroatoms. The third-order valence-corrected chi connectivity index (χ3v) is 3.81. The van der Waals surface area contributed by atoms with Gasteiger partial charge in [0, 0.05) is 19.3 Å². The summed E-state index contributed by atoms with van der Waals surface area (Å²) in [5.41, 5.74) is 0.797. The normalized spacial score (nSPS) is 18.1. The van der Waals surface area contributed by atoms with E-state index in [1.165, 1.54) is 17.1 Å². The van der Waals surface area contributed by atoms with E-state index >= 15 is 0 Å². The standard InChI is InChI=1S/C14H22N4O3/c1-14(2)4-3-6-17(7-5-14)13(21)16-11-8-15-18(9-11)10-12(19)20/h8-9H,3-7,10H2,1-2H3,(H,16,21)(H,19,20). The lowest BCUT2D eigenvalue weighted by molar-refractivity contribution is -0.137. The Bertz CT molecular complexity index is 524. The summed E-state index contributed by atoms with van der Waals surface area (Å²) in [5, 5.41) is 15.4. The summed E-state index contributed by atoms with van der Waals surface area (Å²) in [6.45, 7) is 5.73. The van der Waals surface area contributed by atoms with Gasteiger partial charge in [-0.2, -0.15) is 5.10 Å². The van der Waals surface area contributed by atoms with Crippen LogP contribution in [0.3, 0.4) is 0 Å². The van der Waals surface area contributed by atoms with Crippen LogP contribution >= 0.6 is 0 Å². The van der Waals surface area contributed by atoms with Crippen molar-refractivity contribution in [1.82, 2.24) is 14.7 Å². The van der Waals surface area contributed by atoms with Crippen molar-refractivity contribution in [2.45, 2.75) is 39.7 Å². The Kier molecular flexibility index (Phi) is 4.50. The molecule has 0 atom stereocenters. The number of amides is 2. The number of carbonyl (C=O) groups is 2. The summed E-state index contributed by atoms with van der Waals surface area (Å²) in [6.07, 6.45) is 6.08. The molecule has 2 rings (SSSR count). The second-order valence-corrected chi connectivity index (χ2v) is 6.26. The van der Waals surface area contributed by atoms with E-state index < -0.39 is 5.97 Å². The fraction of sp³-hybridized carbons (Fsp3) is 0.643. The summed E-state index contributed by atoms with van der Waals surface area (Å²) in [4.78, 5) is 24.6. The summed E-state index contributed by atoms with van der Waals surface area (Å²) in [7, 11) is 0. The second kappa shape index (κ2) is 6.15. The third-order valence-electron chi connectivity index (χ3n) is 3.81. The number of likely N-dealkylation sites (tertiary alicyclic amines) is 1. The highest BCUT2D eigenvalue weighted by Crippen LogP contribution is 2.29. The van der Waals surface area contributed by atoms with Crippen LogP contribution in [0.1, 0.15) is 33.1 Å². The van der Waals surface area contributed by atoms with Crippen molar-refractivity contribution in [3.63, 3.8) is 0 Å². The molecule has 0 aliphatic carbocycles. The van der Waals surface area contributed by atoms with Gasteiger partial charge in [0.15, 0.2) is 0 Å². The summed E-state index contributed by atoms with van der Waals surface area (Å²) in [6, 6.07) is -0.150. The zero-order valence-corrected chi connectivity index (χ0v) is 12.5. The van der Waals surface area contributed by atoms with E-state index in [-0.39, 0.29) is 18.0 Å². The first-order chi connectivity index (χ1) is 9.85. The number of urea groups is 1. The highest BCUT2D eigenvalue weighted by molar-refractivity contribution is 5.89. The average Bonchev–Trinajstić information content (AvgIpc) is 2.70. The zero-order valence-electron chi connectivity index (χ0n) is 12.5. The minimum Gasteiger partial charge on any atom is -0.480 e. The van der Waals surface area contributed by atoms with E-state index in [0.717, 1.165) is 32.4 Å². The Morgan fingerprint density at radius 3 is 2.86 bits per heavy atom. The first kappa shape index (κ1) is 15.3. The lowest BCUT2D eigenvalue weighted by Gasteiger charge is -2.23. The quantitative estimate of drug-likeness (QED) is 0.892. The van der Waals surface area contributed by atoms with Crippen LogP contribution in [0.2, 0.25) is 0 Å². The monoisotopic (exact) mass is 294 g/mol. The van der Waals surface area contributed by atoms with Crippen molar-refractivity contribution in [1.29, 1.82) is 0 Å². The Morgan fingerprint density at radius 2 is 2.14 bits per heavy atom. The Labute approximate surface area is 123 Å². The van der Waals surface area contributed by atoms with E-state index in [1.807, 2.05) is 4.90 Å². The molecule has 0 spiro atoms. The van der Waals surface area contributed by atoms with Crippen molar-refractivity contribution in [3.05, 3.63) is 12.4 Å². The number of carboxylic acid groups (broad SMARTS) is 1. The number of carboxylic acids is 1. The highest BCUT2D eigenvalue weighted by Gasteiger charge is 2.25.